The Morgan fingerprint density at radius 3 is 2.44 bits per heavy atom. The van der Waals surface area contributed by atoms with Crippen LogP contribution in [0.25, 0.3) is 11.0 Å². The van der Waals surface area contributed by atoms with Crippen molar-refractivity contribution in [2.45, 2.75) is 25.4 Å². The number of para-hydroxylation sites is 2. The number of rotatable bonds is 2. The average molecular weight is 215 g/mol. The second-order valence-electron chi connectivity index (χ2n) is 4.07. The zero-order chi connectivity index (χ0) is 11.0. The maximum Gasteiger partial charge on any atom is 0.258 e. The number of hydrogen-bond acceptors (Lipinski definition) is 4. The van der Waals surface area contributed by atoms with Crippen LogP contribution in [0.1, 0.15) is 19.3 Å². The molecule has 0 atom stereocenters. The molecular weight excluding hydrogens is 202 g/mol. The number of nitrogens with two attached hydrogens (primary N) is 1. The fourth-order valence-corrected chi connectivity index (χ4v) is 1.73. The Hall–Kier alpha value is -1.84. The Morgan fingerprint density at radius 1 is 1.12 bits per heavy atom. The highest BCUT2D eigenvalue weighted by Gasteiger charge is 2.21. The van der Waals surface area contributed by atoms with Gasteiger partial charge in [0, 0.05) is 0 Å². The van der Waals surface area contributed by atoms with E-state index in [2.05, 4.69) is 9.97 Å². The summed E-state index contributed by atoms with van der Waals surface area (Å²) in [7, 11) is 0. The fourth-order valence-electron chi connectivity index (χ4n) is 1.73. The molecule has 2 aromatic rings. The second kappa shape index (κ2) is 3.63. The van der Waals surface area contributed by atoms with Crippen molar-refractivity contribution in [1.82, 2.24) is 9.97 Å². The number of nitrogens with zero attached hydrogens (tertiary/aromatic N) is 2. The van der Waals surface area contributed by atoms with Crippen LogP contribution < -0.4 is 10.5 Å². The molecule has 16 heavy (non-hydrogen) atoms. The minimum atomic E-state index is 0.276. The number of aromatic nitrogens is 2. The molecule has 1 heterocycles. The molecule has 1 aromatic heterocycles. The smallest absolute Gasteiger partial charge is 0.258 e. The molecule has 2 N–H and O–H groups in total. The van der Waals surface area contributed by atoms with E-state index in [9.17, 15) is 0 Å². The molecule has 3 rings (SSSR count). The summed E-state index contributed by atoms with van der Waals surface area (Å²) in [6.45, 7) is 0. The third kappa shape index (κ3) is 1.56. The predicted octanol–water partition coefficient (Wildman–Crippen LogP) is 2.14. The summed E-state index contributed by atoms with van der Waals surface area (Å²) in [5.74, 6) is 0.856. The molecule has 4 nitrogen and oxygen atoms in total. The molecule has 0 unspecified atom stereocenters. The van der Waals surface area contributed by atoms with Crippen LogP contribution in [0.15, 0.2) is 24.3 Å². The topological polar surface area (TPSA) is 61.0 Å². The highest BCUT2D eigenvalue weighted by molar-refractivity contribution is 5.76. The lowest BCUT2D eigenvalue weighted by atomic mass is 9.96. The number of nitrogen functional groups attached to an aromatic ring is 1. The van der Waals surface area contributed by atoms with Gasteiger partial charge < -0.3 is 10.5 Å². The first-order valence-electron chi connectivity index (χ1n) is 5.52. The van der Waals surface area contributed by atoms with Gasteiger partial charge in [-0.2, -0.15) is 0 Å². The third-order valence-electron chi connectivity index (χ3n) is 2.89. The van der Waals surface area contributed by atoms with E-state index < -0.39 is 0 Å². The lowest BCUT2D eigenvalue weighted by Gasteiger charge is -2.26. The first-order valence-corrected chi connectivity index (χ1v) is 5.52. The molecule has 4 heteroatoms. The van der Waals surface area contributed by atoms with Gasteiger partial charge in [0.1, 0.15) is 6.10 Å². The lowest BCUT2D eigenvalue weighted by Crippen LogP contribution is -2.25. The monoisotopic (exact) mass is 215 g/mol. The first-order chi connectivity index (χ1) is 7.83. The van der Waals surface area contributed by atoms with Gasteiger partial charge in [0.05, 0.1) is 11.0 Å². The van der Waals surface area contributed by atoms with E-state index in [0.29, 0.717) is 11.7 Å². The van der Waals surface area contributed by atoms with Crippen molar-refractivity contribution < 1.29 is 4.74 Å². The number of hydrogen-bond donors (Lipinski definition) is 1. The van der Waals surface area contributed by atoms with Gasteiger partial charge in [-0.3, -0.25) is 0 Å². The quantitative estimate of drug-likeness (QED) is 0.833. The second-order valence-corrected chi connectivity index (χ2v) is 4.07. The minimum Gasteiger partial charge on any atom is -0.472 e. The summed E-state index contributed by atoms with van der Waals surface area (Å²) < 4.78 is 5.69. The maximum atomic E-state index is 5.82. The molecule has 0 aliphatic heterocycles. The van der Waals surface area contributed by atoms with Crippen LogP contribution in [0, 0.1) is 0 Å². The van der Waals surface area contributed by atoms with Crippen LogP contribution in [-0.2, 0) is 0 Å². The van der Waals surface area contributed by atoms with Gasteiger partial charge >= 0.3 is 0 Å². The molecule has 0 saturated heterocycles. The molecule has 0 amide bonds. The molecule has 1 aromatic carbocycles. The van der Waals surface area contributed by atoms with Gasteiger partial charge in [-0.1, -0.05) is 12.1 Å². The Bertz CT molecular complexity index is 523. The van der Waals surface area contributed by atoms with Crippen LogP contribution in [0.2, 0.25) is 0 Å². The molecule has 1 aliphatic rings. The van der Waals surface area contributed by atoms with Crippen LogP contribution in [0.5, 0.6) is 5.88 Å². The van der Waals surface area contributed by atoms with Crippen LogP contribution in [0.3, 0.4) is 0 Å². The number of benzene rings is 1. The van der Waals surface area contributed by atoms with Crippen LogP contribution >= 0.6 is 0 Å². The minimum absolute atomic E-state index is 0.276. The number of anilines is 1. The van der Waals surface area contributed by atoms with Gasteiger partial charge in [-0.05, 0) is 31.4 Å². The molecule has 0 radical (unpaired) electrons. The van der Waals surface area contributed by atoms with Gasteiger partial charge in [-0.15, -0.1) is 0 Å². The van der Waals surface area contributed by atoms with Gasteiger partial charge in [0.25, 0.3) is 5.88 Å². The van der Waals surface area contributed by atoms with E-state index in [1.165, 1.54) is 6.42 Å². The molecule has 1 fully saturated rings. The van der Waals surface area contributed by atoms with E-state index in [-0.39, 0.29) is 6.10 Å². The van der Waals surface area contributed by atoms with Crippen molar-refractivity contribution in [2.75, 3.05) is 5.73 Å². The van der Waals surface area contributed by atoms with Crippen molar-refractivity contribution >= 4 is 16.9 Å². The van der Waals surface area contributed by atoms with Crippen LogP contribution in [0.4, 0.5) is 5.82 Å². The Kier molecular flexibility index (Phi) is 2.13. The summed E-state index contributed by atoms with van der Waals surface area (Å²) in [6, 6.07) is 7.66. The SMILES string of the molecule is Nc1nc2ccccc2nc1OC1CCC1. The van der Waals surface area contributed by atoms with Gasteiger partial charge in [-0.25, -0.2) is 9.97 Å². The Labute approximate surface area is 93.5 Å². The zero-order valence-corrected chi connectivity index (χ0v) is 8.89. The highest BCUT2D eigenvalue weighted by Crippen LogP contribution is 2.27. The van der Waals surface area contributed by atoms with E-state index in [1.807, 2.05) is 24.3 Å². The maximum absolute atomic E-state index is 5.82. The Morgan fingerprint density at radius 2 is 1.81 bits per heavy atom. The largest absolute Gasteiger partial charge is 0.472 e. The van der Waals surface area contributed by atoms with Gasteiger partial charge in [0.2, 0.25) is 0 Å². The average Bonchev–Trinajstić information content (AvgIpc) is 2.23. The van der Waals surface area contributed by atoms with Crippen molar-refractivity contribution in [3.8, 4) is 5.88 Å². The third-order valence-corrected chi connectivity index (χ3v) is 2.89. The van der Waals surface area contributed by atoms with Gasteiger partial charge in [0.15, 0.2) is 5.82 Å². The standard InChI is InChI=1S/C12H13N3O/c13-11-12(16-8-4-3-5-8)15-10-7-2-1-6-9(10)14-11/h1-2,6-8H,3-5H2,(H2,13,14). The number of fused-ring (bicyclic) bond motifs is 1. The van der Waals surface area contributed by atoms with E-state index in [0.717, 1.165) is 23.9 Å². The molecule has 1 aliphatic carbocycles. The molecule has 0 bridgehead atoms. The molecule has 82 valence electrons. The normalized spacial score (nSPS) is 16.0. The zero-order valence-electron chi connectivity index (χ0n) is 8.89. The van der Waals surface area contributed by atoms with Crippen LogP contribution in [-0.4, -0.2) is 16.1 Å². The summed E-state index contributed by atoms with van der Waals surface area (Å²) in [4.78, 5) is 8.66. The van der Waals surface area contributed by atoms with E-state index in [1.54, 1.807) is 0 Å². The van der Waals surface area contributed by atoms with Crippen molar-refractivity contribution in [1.29, 1.82) is 0 Å². The first kappa shape index (κ1) is 9.39. The lowest BCUT2D eigenvalue weighted by molar-refractivity contribution is 0.115. The van der Waals surface area contributed by atoms with E-state index >= 15 is 0 Å². The highest BCUT2D eigenvalue weighted by atomic mass is 16.5. The summed E-state index contributed by atoms with van der Waals surface area (Å²) in [5.41, 5.74) is 7.45. The Balaban J connectivity index is 1.99. The van der Waals surface area contributed by atoms with Crippen molar-refractivity contribution in [3.05, 3.63) is 24.3 Å². The van der Waals surface area contributed by atoms with Crippen molar-refractivity contribution in [3.63, 3.8) is 0 Å². The molecule has 0 spiro atoms. The molecule has 1 saturated carbocycles. The summed E-state index contributed by atoms with van der Waals surface area (Å²) >= 11 is 0. The summed E-state index contributed by atoms with van der Waals surface area (Å²) in [6.07, 6.45) is 3.69. The fraction of sp³-hybridized carbons (Fsp3) is 0.333. The number of ether oxygens (including phenoxy) is 1. The molecular formula is C12H13N3O. The summed E-state index contributed by atoms with van der Waals surface area (Å²) in [5, 5.41) is 0. The predicted molar refractivity (Wildman–Crippen MR) is 62.2 cm³/mol. The van der Waals surface area contributed by atoms with E-state index in [4.69, 9.17) is 10.5 Å². The van der Waals surface area contributed by atoms with Crippen molar-refractivity contribution in [2.24, 2.45) is 0 Å².